The molecule has 0 spiro atoms. The van der Waals surface area contributed by atoms with Crippen LogP contribution in [0.15, 0.2) is 30.3 Å². The second-order valence-corrected chi connectivity index (χ2v) is 4.52. The number of carbonyl (C=O) groups is 1. The maximum absolute atomic E-state index is 12.2. The molecule has 1 aliphatic rings. The highest BCUT2D eigenvalue weighted by Gasteiger charge is 2.24. The van der Waals surface area contributed by atoms with Crippen molar-refractivity contribution >= 4 is 30.7 Å². The van der Waals surface area contributed by atoms with E-state index in [1.54, 1.807) is 0 Å². The van der Waals surface area contributed by atoms with Gasteiger partial charge in [0.15, 0.2) is 0 Å². The Hall–Kier alpha value is -0.810. The number of nitrogens with two attached hydrogens (primary N) is 1. The van der Waals surface area contributed by atoms with Crippen LogP contribution in [0.2, 0.25) is 0 Å². The van der Waals surface area contributed by atoms with Gasteiger partial charge < -0.3 is 15.5 Å². The van der Waals surface area contributed by atoms with Crippen LogP contribution in [-0.4, -0.2) is 48.9 Å². The summed E-state index contributed by atoms with van der Waals surface area (Å²) in [6, 6.07) is 9.02. The number of piperazine rings is 1. The highest BCUT2D eigenvalue weighted by atomic mass is 35.5. The van der Waals surface area contributed by atoms with Gasteiger partial charge in [-0.2, -0.15) is 0 Å². The average Bonchev–Trinajstić information content (AvgIpc) is 2.39. The lowest BCUT2D eigenvalue weighted by atomic mass is 10.1. The molecule has 0 unspecified atom stereocenters. The summed E-state index contributed by atoms with van der Waals surface area (Å²) in [6.07, 6.45) is 0. The molecule has 0 radical (unpaired) electrons. The van der Waals surface area contributed by atoms with E-state index < -0.39 is 6.04 Å². The largest absolute Gasteiger partial charge is 0.338 e. The number of hydrogen-bond acceptors (Lipinski definition) is 3. The van der Waals surface area contributed by atoms with Crippen molar-refractivity contribution in [3.63, 3.8) is 0 Å². The first-order valence-electron chi connectivity index (χ1n) is 5.96. The fourth-order valence-corrected chi connectivity index (χ4v) is 2.03. The maximum Gasteiger partial charge on any atom is 0.244 e. The van der Waals surface area contributed by atoms with Gasteiger partial charge in [-0.25, -0.2) is 0 Å². The molecule has 1 amide bonds. The maximum atomic E-state index is 12.2. The van der Waals surface area contributed by atoms with Crippen LogP contribution in [0.4, 0.5) is 0 Å². The third-order valence-electron chi connectivity index (χ3n) is 3.24. The predicted octanol–water partition coefficient (Wildman–Crippen LogP) is 1.30. The molecular weight excluding hydrogens is 285 g/mol. The molecule has 4 nitrogen and oxygen atoms in total. The first-order valence-corrected chi connectivity index (χ1v) is 5.96. The molecule has 108 valence electrons. The Bertz CT molecular complexity index is 381. The van der Waals surface area contributed by atoms with Gasteiger partial charge in [0.25, 0.3) is 0 Å². The highest BCUT2D eigenvalue weighted by Crippen LogP contribution is 2.13. The second-order valence-electron chi connectivity index (χ2n) is 4.52. The Morgan fingerprint density at radius 1 is 1.11 bits per heavy atom. The summed E-state index contributed by atoms with van der Waals surface area (Å²) in [5.41, 5.74) is 6.88. The van der Waals surface area contributed by atoms with Gasteiger partial charge in [0.05, 0.1) is 0 Å². The lowest BCUT2D eigenvalue weighted by molar-refractivity contribution is -0.134. The Morgan fingerprint density at radius 3 is 2.16 bits per heavy atom. The fourth-order valence-electron chi connectivity index (χ4n) is 2.03. The van der Waals surface area contributed by atoms with Crippen molar-refractivity contribution < 1.29 is 4.79 Å². The summed E-state index contributed by atoms with van der Waals surface area (Å²) < 4.78 is 0. The molecule has 1 aromatic rings. The Labute approximate surface area is 126 Å². The van der Waals surface area contributed by atoms with Crippen LogP contribution in [0.5, 0.6) is 0 Å². The minimum Gasteiger partial charge on any atom is -0.338 e. The summed E-state index contributed by atoms with van der Waals surface area (Å²) in [7, 11) is 2.07. The number of amides is 1. The third kappa shape index (κ3) is 4.66. The third-order valence-corrected chi connectivity index (χ3v) is 3.24. The summed E-state index contributed by atoms with van der Waals surface area (Å²) in [4.78, 5) is 16.3. The van der Waals surface area contributed by atoms with Crippen LogP contribution in [0.25, 0.3) is 0 Å². The van der Waals surface area contributed by atoms with Gasteiger partial charge in [0, 0.05) is 26.2 Å². The van der Waals surface area contributed by atoms with E-state index in [1.165, 1.54) is 0 Å². The van der Waals surface area contributed by atoms with Crippen molar-refractivity contribution in [1.82, 2.24) is 9.80 Å². The highest BCUT2D eigenvalue weighted by molar-refractivity contribution is 5.85. The van der Waals surface area contributed by atoms with E-state index in [-0.39, 0.29) is 30.7 Å². The number of carbonyl (C=O) groups excluding carboxylic acids is 1. The molecule has 0 bridgehead atoms. The molecule has 0 saturated carbocycles. The summed E-state index contributed by atoms with van der Waals surface area (Å²) in [6.45, 7) is 3.40. The van der Waals surface area contributed by atoms with Crippen molar-refractivity contribution in [3.05, 3.63) is 35.9 Å². The first-order chi connectivity index (χ1) is 8.18. The van der Waals surface area contributed by atoms with Gasteiger partial charge in [0.1, 0.15) is 6.04 Å². The van der Waals surface area contributed by atoms with Crippen LogP contribution in [-0.2, 0) is 4.79 Å². The Balaban J connectivity index is 0.00000162. The average molecular weight is 306 g/mol. The molecular formula is C13H21Cl2N3O. The summed E-state index contributed by atoms with van der Waals surface area (Å²) in [5.74, 6) is 0.0318. The molecule has 1 aromatic carbocycles. The smallest absolute Gasteiger partial charge is 0.244 e. The molecule has 19 heavy (non-hydrogen) atoms. The molecule has 1 aliphatic heterocycles. The van der Waals surface area contributed by atoms with Crippen molar-refractivity contribution in [2.75, 3.05) is 33.2 Å². The minimum absolute atomic E-state index is 0. The second kappa shape index (κ2) is 8.38. The monoisotopic (exact) mass is 305 g/mol. The van der Waals surface area contributed by atoms with E-state index in [0.29, 0.717) is 0 Å². The summed E-state index contributed by atoms with van der Waals surface area (Å²) >= 11 is 0. The number of nitrogens with zero attached hydrogens (tertiary/aromatic N) is 2. The number of likely N-dealkylation sites (N-methyl/N-ethyl adjacent to an activating group) is 1. The molecule has 1 saturated heterocycles. The van der Waals surface area contributed by atoms with Crippen LogP contribution < -0.4 is 5.73 Å². The fraction of sp³-hybridized carbons (Fsp3) is 0.462. The number of hydrogen-bond donors (Lipinski definition) is 1. The van der Waals surface area contributed by atoms with E-state index in [1.807, 2.05) is 35.2 Å². The van der Waals surface area contributed by atoms with E-state index in [9.17, 15) is 4.79 Å². The van der Waals surface area contributed by atoms with Crippen LogP contribution >= 0.6 is 24.8 Å². The topological polar surface area (TPSA) is 49.6 Å². The minimum atomic E-state index is -0.528. The Kier molecular flexibility index (Phi) is 8.02. The molecule has 2 N–H and O–H groups in total. The van der Waals surface area contributed by atoms with Gasteiger partial charge in [-0.05, 0) is 12.6 Å². The van der Waals surface area contributed by atoms with Gasteiger partial charge in [-0.15, -0.1) is 24.8 Å². The standard InChI is InChI=1S/C13H19N3O.2ClH/c1-15-7-9-16(10-8-15)13(17)12(14)11-5-3-2-4-6-11;;/h2-6,12H,7-10,14H2,1H3;2*1H/t12-;;/m0../s1. The normalized spacial score (nSPS) is 17.1. The number of halogens is 2. The molecule has 0 aliphatic carbocycles. The first kappa shape index (κ1) is 18.2. The molecule has 2 rings (SSSR count). The van der Waals surface area contributed by atoms with Gasteiger partial charge >= 0.3 is 0 Å². The van der Waals surface area contributed by atoms with E-state index >= 15 is 0 Å². The predicted molar refractivity (Wildman–Crippen MR) is 81.9 cm³/mol. The summed E-state index contributed by atoms with van der Waals surface area (Å²) in [5, 5.41) is 0. The molecule has 1 atom stereocenters. The van der Waals surface area contributed by atoms with Crippen LogP contribution in [0.3, 0.4) is 0 Å². The molecule has 1 heterocycles. The van der Waals surface area contributed by atoms with Crippen LogP contribution in [0, 0.1) is 0 Å². The van der Waals surface area contributed by atoms with Gasteiger partial charge in [0.2, 0.25) is 5.91 Å². The zero-order chi connectivity index (χ0) is 12.3. The van der Waals surface area contributed by atoms with E-state index in [4.69, 9.17) is 5.73 Å². The molecule has 0 aromatic heterocycles. The number of rotatable bonds is 2. The number of benzene rings is 1. The van der Waals surface area contributed by atoms with Crippen molar-refractivity contribution in [1.29, 1.82) is 0 Å². The zero-order valence-corrected chi connectivity index (χ0v) is 12.6. The molecule has 1 fully saturated rings. The van der Waals surface area contributed by atoms with Crippen molar-refractivity contribution in [2.24, 2.45) is 5.73 Å². The SMILES string of the molecule is CN1CCN(C(=O)[C@@H](N)c2ccccc2)CC1.Cl.Cl. The van der Waals surface area contributed by atoms with Gasteiger partial charge in [-0.1, -0.05) is 30.3 Å². The lowest BCUT2D eigenvalue weighted by Gasteiger charge is -2.33. The van der Waals surface area contributed by atoms with Gasteiger partial charge in [-0.3, -0.25) is 4.79 Å². The zero-order valence-electron chi connectivity index (χ0n) is 11.0. The van der Waals surface area contributed by atoms with Crippen molar-refractivity contribution in [3.8, 4) is 0 Å². The van der Waals surface area contributed by atoms with Crippen molar-refractivity contribution in [2.45, 2.75) is 6.04 Å². The van der Waals surface area contributed by atoms with Crippen LogP contribution in [0.1, 0.15) is 11.6 Å². The lowest BCUT2D eigenvalue weighted by Crippen LogP contribution is -2.49. The van der Waals surface area contributed by atoms with E-state index in [0.717, 1.165) is 31.7 Å². The molecule has 6 heteroatoms. The quantitative estimate of drug-likeness (QED) is 0.896. The Morgan fingerprint density at radius 2 is 1.63 bits per heavy atom. The van der Waals surface area contributed by atoms with E-state index in [2.05, 4.69) is 11.9 Å².